The highest BCUT2D eigenvalue weighted by Crippen LogP contribution is 2.42. The number of ether oxygens (including phenoxy) is 2. The minimum Gasteiger partial charge on any atom is -0.497 e. The van der Waals surface area contributed by atoms with Crippen molar-refractivity contribution in [2.75, 3.05) is 26.7 Å². The Bertz CT molecular complexity index is 1320. The molecule has 1 saturated heterocycles. The number of rotatable bonds is 2. The number of nitrogens with zero attached hydrogens (tertiary/aromatic N) is 3. The zero-order chi connectivity index (χ0) is 25.4. The van der Waals surface area contributed by atoms with E-state index in [1.54, 1.807) is 30.3 Å². The molecule has 5 rings (SSSR count). The number of fused-ring (bicyclic) bond motifs is 2. The van der Waals surface area contributed by atoms with Gasteiger partial charge in [0.05, 0.1) is 18.2 Å². The van der Waals surface area contributed by atoms with Crippen LogP contribution >= 0.6 is 0 Å². The number of halogens is 3. The molecule has 2 aliphatic heterocycles. The van der Waals surface area contributed by atoms with Crippen LogP contribution in [0.3, 0.4) is 0 Å². The van der Waals surface area contributed by atoms with Gasteiger partial charge in [0.2, 0.25) is 0 Å². The molecule has 0 N–H and O–H groups in total. The van der Waals surface area contributed by atoms with Gasteiger partial charge in [0, 0.05) is 31.2 Å². The number of amidine groups is 1. The predicted molar refractivity (Wildman–Crippen MR) is 129 cm³/mol. The van der Waals surface area contributed by atoms with Gasteiger partial charge in [0.25, 0.3) is 5.91 Å². The summed E-state index contributed by atoms with van der Waals surface area (Å²) in [5.41, 5.74) is 0.504. The second kappa shape index (κ2) is 9.22. The largest absolute Gasteiger partial charge is 0.497 e. The van der Waals surface area contributed by atoms with Gasteiger partial charge in [0.1, 0.15) is 23.0 Å². The molecule has 2 aliphatic rings. The lowest BCUT2D eigenvalue weighted by atomic mass is 10.1. The Morgan fingerprint density at radius 1 is 1.03 bits per heavy atom. The van der Waals surface area contributed by atoms with Gasteiger partial charge in [-0.15, -0.1) is 0 Å². The first-order valence-corrected chi connectivity index (χ1v) is 11.5. The summed E-state index contributed by atoms with van der Waals surface area (Å²) in [5, 5.41) is 0. The number of carbonyl (C=O) groups is 1. The molecule has 6 nitrogen and oxygen atoms in total. The van der Waals surface area contributed by atoms with Crippen LogP contribution in [0.5, 0.6) is 17.2 Å². The first-order valence-electron chi connectivity index (χ1n) is 11.5. The summed E-state index contributed by atoms with van der Waals surface area (Å²) < 4.78 is 51.7. The van der Waals surface area contributed by atoms with Crippen LogP contribution in [0, 0.1) is 0 Å². The molecule has 1 atom stereocenters. The van der Waals surface area contributed by atoms with Crippen molar-refractivity contribution < 1.29 is 27.4 Å². The third kappa shape index (κ3) is 4.48. The van der Waals surface area contributed by atoms with Crippen LogP contribution in [0.15, 0.2) is 71.7 Å². The maximum Gasteiger partial charge on any atom is 0.416 e. The van der Waals surface area contributed by atoms with E-state index in [0.717, 1.165) is 12.1 Å². The fourth-order valence-electron chi connectivity index (χ4n) is 4.50. The van der Waals surface area contributed by atoms with E-state index in [4.69, 9.17) is 9.47 Å². The third-order valence-electron chi connectivity index (χ3n) is 6.37. The van der Waals surface area contributed by atoms with E-state index in [-0.39, 0.29) is 23.4 Å². The summed E-state index contributed by atoms with van der Waals surface area (Å²) in [6.45, 7) is 3.28. The summed E-state index contributed by atoms with van der Waals surface area (Å²) in [6.07, 6.45) is -4.51. The molecular weight excluding hydrogens is 471 g/mol. The summed E-state index contributed by atoms with van der Waals surface area (Å²) in [6, 6.07) is 17.4. The van der Waals surface area contributed by atoms with Gasteiger partial charge in [-0.25, -0.2) is 4.99 Å². The van der Waals surface area contributed by atoms with Crippen molar-refractivity contribution in [3.05, 3.63) is 83.4 Å². The Morgan fingerprint density at radius 3 is 2.47 bits per heavy atom. The average molecular weight is 496 g/mol. The summed E-state index contributed by atoms with van der Waals surface area (Å²) >= 11 is 0. The predicted octanol–water partition coefficient (Wildman–Crippen LogP) is 5.74. The van der Waals surface area contributed by atoms with E-state index in [9.17, 15) is 18.0 Å². The molecule has 0 aliphatic carbocycles. The van der Waals surface area contributed by atoms with Gasteiger partial charge in [-0.2, -0.15) is 13.2 Å². The summed E-state index contributed by atoms with van der Waals surface area (Å²) in [5.74, 6) is 1.67. The number of methoxy groups -OCH3 is 1. The third-order valence-corrected chi connectivity index (χ3v) is 6.37. The van der Waals surface area contributed by atoms with E-state index < -0.39 is 11.7 Å². The van der Waals surface area contributed by atoms with Crippen LogP contribution in [0.25, 0.3) is 0 Å². The molecule has 0 saturated carbocycles. The maximum absolute atomic E-state index is 13.4. The number of carbonyl (C=O) groups excluding carboxylic acids is 1. The monoisotopic (exact) mass is 495 g/mol. The van der Waals surface area contributed by atoms with E-state index >= 15 is 0 Å². The molecule has 186 valence electrons. The van der Waals surface area contributed by atoms with E-state index in [2.05, 4.69) is 4.99 Å². The van der Waals surface area contributed by atoms with Crippen LogP contribution in [-0.2, 0) is 6.18 Å². The normalized spacial score (nSPS) is 17.4. The maximum atomic E-state index is 13.4. The molecule has 0 unspecified atom stereocenters. The minimum absolute atomic E-state index is 0.0591. The molecular formula is C27H24F3N3O3. The topological polar surface area (TPSA) is 54.4 Å². The van der Waals surface area contributed by atoms with Gasteiger partial charge in [-0.1, -0.05) is 18.2 Å². The van der Waals surface area contributed by atoms with Crippen molar-refractivity contribution >= 4 is 17.4 Å². The van der Waals surface area contributed by atoms with Crippen molar-refractivity contribution in [2.24, 2.45) is 4.99 Å². The molecule has 0 aromatic heterocycles. The molecule has 36 heavy (non-hydrogen) atoms. The SMILES string of the molecule is COc1ccc2c(c1)C(N1CCN(C(=O)c3ccccc3)[C@@H](C)C1)=Nc1cc(C(F)(F)F)ccc1O2. The average Bonchev–Trinajstić information content (AvgIpc) is 3.04. The van der Waals surface area contributed by atoms with Gasteiger partial charge in [-0.3, -0.25) is 4.79 Å². The zero-order valence-electron chi connectivity index (χ0n) is 19.7. The quantitative estimate of drug-likeness (QED) is 0.455. The van der Waals surface area contributed by atoms with E-state index in [0.29, 0.717) is 48.1 Å². The molecule has 0 radical (unpaired) electrons. The molecule has 9 heteroatoms. The van der Waals surface area contributed by atoms with E-state index in [1.165, 1.54) is 13.2 Å². The highest BCUT2D eigenvalue weighted by atomic mass is 19.4. The van der Waals surface area contributed by atoms with Crippen molar-refractivity contribution in [3.8, 4) is 17.2 Å². The van der Waals surface area contributed by atoms with Crippen LogP contribution in [0.1, 0.15) is 28.4 Å². The molecule has 3 aromatic rings. The molecule has 0 spiro atoms. The number of aliphatic imine (C=N–C) groups is 1. The Balaban J connectivity index is 1.52. The van der Waals surface area contributed by atoms with Crippen molar-refractivity contribution in [1.29, 1.82) is 0 Å². The fraction of sp³-hybridized carbons (Fsp3) is 0.259. The second-order valence-corrected chi connectivity index (χ2v) is 8.74. The molecule has 0 bridgehead atoms. The lowest BCUT2D eigenvalue weighted by Crippen LogP contribution is -2.55. The zero-order valence-corrected chi connectivity index (χ0v) is 19.7. The second-order valence-electron chi connectivity index (χ2n) is 8.74. The number of piperazine rings is 1. The van der Waals surface area contributed by atoms with Gasteiger partial charge in [-0.05, 0) is 55.5 Å². The van der Waals surface area contributed by atoms with Gasteiger partial charge >= 0.3 is 6.18 Å². The highest BCUT2D eigenvalue weighted by Gasteiger charge is 2.34. The van der Waals surface area contributed by atoms with Crippen LogP contribution in [0.2, 0.25) is 0 Å². The fourth-order valence-corrected chi connectivity index (χ4v) is 4.50. The Morgan fingerprint density at radius 2 is 1.78 bits per heavy atom. The highest BCUT2D eigenvalue weighted by molar-refractivity contribution is 6.04. The van der Waals surface area contributed by atoms with Crippen LogP contribution in [0.4, 0.5) is 18.9 Å². The summed E-state index contributed by atoms with van der Waals surface area (Å²) in [7, 11) is 1.54. The van der Waals surface area contributed by atoms with Crippen LogP contribution in [-0.4, -0.2) is 54.3 Å². The van der Waals surface area contributed by atoms with Crippen molar-refractivity contribution in [2.45, 2.75) is 19.1 Å². The standard InChI is InChI=1S/C27H24F3N3O3/c1-17-16-32(12-13-33(17)26(34)18-6-4-3-5-7-18)25-21-15-20(35-2)9-11-23(21)36-24-10-8-19(27(28,29)30)14-22(24)31-25/h3-11,14-15,17H,12-13,16H2,1-2H3/t17-/m0/s1. The van der Waals surface area contributed by atoms with Crippen LogP contribution < -0.4 is 9.47 Å². The molecule has 1 amide bonds. The molecule has 1 fully saturated rings. The number of alkyl halides is 3. The minimum atomic E-state index is -4.51. The number of benzene rings is 3. The van der Waals surface area contributed by atoms with Gasteiger partial charge < -0.3 is 19.3 Å². The number of amides is 1. The molecule has 3 aromatic carbocycles. The smallest absolute Gasteiger partial charge is 0.416 e. The lowest BCUT2D eigenvalue weighted by Gasteiger charge is -2.41. The van der Waals surface area contributed by atoms with Gasteiger partial charge in [0.15, 0.2) is 5.75 Å². The molecule has 2 heterocycles. The number of hydrogen-bond acceptors (Lipinski definition) is 5. The Kier molecular flexibility index (Phi) is 6.07. The van der Waals surface area contributed by atoms with Crippen molar-refractivity contribution in [1.82, 2.24) is 9.80 Å². The Labute approximate surface area is 206 Å². The van der Waals surface area contributed by atoms with E-state index in [1.807, 2.05) is 34.9 Å². The van der Waals surface area contributed by atoms with Crippen molar-refractivity contribution in [3.63, 3.8) is 0 Å². The summed E-state index contributed by atoms with van der Waals surface area (Å²) in [4.78, 5) is 21.5. The number of hydrogen-bond donors (Lipinski definition) is 0. The first kappa shape index (κ1) is 23.7. The Hall–Kier alpha value is -4.01. The lowest BCUT2D eigenvalue weighted by molar-refractivity contribution is -0.137. The first-order chi connectivity index (χ1) is 17.2.